The maximum atomic E-state index is 12.7. The summed E-state index contributed by atoms with van der Waals surface area (Å²) in [6.45, 7) is 10.1. The number of oxazole rings is 1. The predicted octanol–water partition coefficient (Wildman–Crippen LogP) is 5.86. The van der Waals surface area contributed by atoms with E-state index in [2.05, 4.69) is 10.3 Å². The highest BCUT2D eigenvalue weighted by molar-refractivity contribution is 5.27. The van der Waals surface area contributed by atoms with Gasteiger partial charge in [0.15, 0.2) is 5.89 Å². The summed E-state index contributed by atoms with van der Waals surface area (Å²) in [6.07, 6.45) is -2.68. The van der Waals surface area contributed by atoms with Gasteiger partial charge in [-0.3, -0.25) is 0 Å². The van der Waals surface area contributed by atoms with Crippen LogP contribution in [0.15, 0.2) is 34.9 Å². The van der Waals surface area contributed by atoms with E-state index in [1.165, 1.54) is 12.1 Å². The molecule has 1 heterocycles. The van der Waals surface area contributed by atoms with Crippen LogP contribution in [0.25, 0.3) is 0 Å². The molecular formula is C19H25F3N2O. The van der Waals surface area contributed by atoms with Gasteiger partial charge in [0.1, 0.15) is 6.26 Å². The fraction of sp³-hybridized carbons (Fsp3) is 0.526. The molecule has 1 aromatic carbocycles. The fourth-order valence-corrected chi connectivity index (χ4v) is 2.67. The Morgan fingerprint density at radius 3 is 2.04 bits per heavy atom. The first-order valence-corrected chi connectivity index (χ1v) is 8.48. The number of aromatic nitrogens is 1. The highest BCUT2D eigenvalue weighted by Gasteiger charge is 2.30. The Hall–Kier alpha value is -1.82. The number of nitrogens with one attached hydrogen (secondary N) is 1. The maximum absolute atomic E-state index is 12.7. The number of hydrogen-bond donors (Lipinski definition) is 1. The molecule has 1 aromatic heterocycles. The molecule has 0 saturated carbocycles. The SMILES string of the molecule is CC(C)c1nc([C@H](C)N[C@H](c2ccc(C(F)(F)F)cc2)C(C)C)co1. The Morgan fingerprint density at radius 2 is 1.60 bits per heavy atom. The monoisotopic (exact) mass is 354 g/mol. The predicted molar refractivity (Wildman–Crippen MR) is 91.2 cm³/mol. The highest BCUT2D eigenvalue weighted by Crippen LogP contribution is 2.32. The number of halogens is 3. The van der Waals surface area contributed by atoms with Crippen LogP contribution in [-0.4, -0.2) is 4.98 Å². The van der Waals surface area contributed by atoms with E-state index in [4.69, 9.17) is 4.42 Å². The van der Waals surface area contributed by atoms with E-state index in [1.54, 1.807) is 6.26 Å². The Kier molecular flexibility index (Phi) is 5.93. The first-order chi connectivity index (χ1) is 11.6. The second-order valence-corrected chi connectivity index (χ2v) is 7.00. The van der Waals surface area contributed by atoms with E-state index in [9.17, 15) is 13.2 Å². The molecule has 25 heavy (non-hydrogen) atoms. The highest BCUT2D eigenvalue weighted by atomic mass is 19.4. The second-order valence-electron chi connectivity index (χ2n) is 7.00. The number of hydrogen-bond acceptors (Lipinski definition) is 3. The lowest BCUT2D eigenvalue weighted by atomic mass is 9.94. The van der Waals surface area contributed by atoms with Crippen LogP contribution in [0.4, 0.5) is 13.2 Å². The summed E-state index contributed by atoms with van der Waals surface area (Å²) in [5.74, 6) is 1.09. The third-order valence-corrected chi connectivity index (χ3v) is 4.17. The number of benzene rings is 1. The lowest BCUT2D eigenvalue weighted by molar-refractivity contribution is -0.137. The third kappa shape index (κ3) is 4.84. The van der Waals surface area contributed by atoms with Crippen LogP contribution in [0.2, 0.25) is 0 Å². The van der Waals surface area contributed by atoms with E-state index < -0.39 is 11.7 Å². The molecule has 6 heteroatoms. The van der Waals surface area contributed by atoms with Gasteiger partial charge in [0.05, 0.1) is 17.3 Å². The van der Waals surface area contributed by atoms with Crippen LogP contribution in [0.3, 0.4) is 0 Å². The zero-order valence-electron chi connectivity index (χ0n) is 15.2. The van der Waals surface area contributed by atoms with Crippen molar-refractivity contribution in [2.75, 3.05) is 0 Å². The molecule has 3 nitrogen and oxygen atoms in total. The molecule has 0 amide bonds. The Balaban J connectivity index is 2.17. The molecule has 2 aromatic rings. The average molecular weight is 354 g/mol. The Bertz CT molecular complexity index is 675. The molecular weight excluding hydrogens is 329 g/mol. The summed E-state index contributed by atoms with van der Waals surface area (Å²) < 4.78 is 43.7. The molecule has 0 aliphatic rings. The molecule has 0 saturated heterocycles. The molecule has 2 rings (SSSR count). The minimum atomic E-state index is -4.32. The van der Waals surface area contributed by atoms with Crippen molar-refractivity contribution in [1.29, 1.82) is 0 Å². The first-order valence-electron chi connectivity index (χ1n) is 8.48. The summed E-state index contributed by atoms with van der Waals surface area (Å²) in [7, 11) is 0. The van der Waals surface area contributed by atoms with E-state index >= 15 is 0 Å². The first kappa shape index (κ1) is 19.5. The third-order valence-electron chi connectivity index (χ3n) is 4.17. The lowest BCUT2D eigenvalue weighted by Gasteiger charge is -2.26. The van der Waals surface area contributed by atoms with Gasteiger partial charge < -0.3 is 9.73 Å². The molecule has 0 radical (unpaired) electrons. The van der Waals surface area contributed by atoms with Gasteiger partial charge >= 0.3 is 6.18 Å². The van der Waals surface area contributed by atoms with Crippen molar-refractivity contribution in [3.05, 3.63) is 53.2 Å². The summed E-state index contributed by atoms with van der Waals surface area (Å²) in [5.41, 5.74) is 0.980. The summed E-state index contributed by atoms with van der Waals surface area (Å²) in [6, 6.07) is 5.17. The molecule has 0 unspecified atom stereocenters. The minimum absolute atomic E-state index is 0.0778. The van der Waals surface area contributed by atoms with Gasteiger partial charge in [-0.05, 0) is 30.5 Å². The molecule has 0 spiro atoms. The van der Waals surface area contributed by atoms with Crippen LogP contribution < -0.4 is 5.32 Å². The van der Waals surface area contributed by atoms with E-state index in [0.717, 1.165) is 23.4 Å². The van der Waals surface area contributed by atoms with Gasteiger partial charge in [-0.2, -0.15) is 13.2 Å². The molecule has 138 valence electrons. The van der Waals surface area contributed by atoms with E-state index in [0.29, 0.717) is 5.89 Å². The molecule has 0 aliphatic carbocycles. The minimum Gasteiger partial charge on any atom is -0.448 e. The van der Waals surface area contributed by atoms with Gasteiger partial charge in [0.2, 0.25) is 0 Å². The van der Waals surface area contributed by atoms with Crippen molar-refractivity contribution in [2.45, 2.75) is 58.8 Å². The summed E-state index contributed by atoms with van der Waals surface area (Å²) in [4.78, 5) is 4.48. The van der Waals surface area contributed by atoms with Crippen LogP contribution >= 0.6 is 0 Å². The van der Waals surface area contributed by atoms with Crippen LogP contribution in [0, 0.1) is 5.92 Å². The van der Waals surface area contributed by atoms with Crippen molar-refractivity contribution in [3.63, 3.8) is 0 Å². The molecule has 2 atom stereocenters. The zero-order chi connectivity index (χ0) is 18.8. The zero-order valence-corrected chi connectivity index (χ0v) is 15.2. The van der Waals surface area contributed by atoms with Crippen molar-refractivity contribution in [3.8, 4) is 0 Å². The Labute approximate surface area is 146 Å². The van der Waals surface area contributed by atoms with Crippen LogP contribution in [-0.2, 0) is 6.18 Å². The lowest BCUT2D eigenvalue weighted by Crippen LogP contribution is -2.28. The van der Waals surface area contributed by atoms with Gasteiger partial charge in [-0.15, -0.1) is 0 Å². The van der Waals surface area contributed by atoms with Gasteiger partial charge in [0.25, 0.3) is 0 Å². The quantitative estimate of drug-likeness (QED) is 0.705. The van der Waals surface area contributed by atoms with Crippen molar-refractivity contribution >= 4 is 0 Å². The average Bonchev–Trinajstić information content (AvgIpc) is 3.01. The Morgan fingerprint density at radius 1 is 1.00 bits per heavy atom. The second kappa shape index (κ2) is 7.60. The number of nitrogens with zero attached hydrogens (tertiary/aromatic N) is 1. The van der Waals surface area contributed by atoms with Crippen molar-refractivity contribution in [1.82, 2.24) is 10.3 Å². The maximum Gasteiger partial charge on any atom is 0.416 e. The summed E-state index contributed by atoms with van der Waals surface area (Å²) >= 11 is 0. The largest absolute Gasteiger partial charge is 0.448 e. The van der Waals surface area contributed by atoms with Crippen LogP contribution in [0.1, 0.15) is 75.3 Å². The van der Waals surface area contributed by atoms with E-state index in [1.807, 2.05) is 34.6 Å². The molecule has 1 N–H and O–H groups in total. The van der Waals surface area contributed by atoms with Gasteiger partial charge in [0, 0.05) is 12.0 Å². The number of rotatable bonds is 6. The molecule has 0 fully saturated rings. The number of alkyl halides is 3. The normalized spacial score (nSPS) is 15.0. The van der Waals surface area contributed by atoms with Crippen molar-refractivity contribution in [2.24, 2.45) is 5.92 Å². The van der Waals surface area contributed by atoms with Crippen molar-refractivity contribution < 1.29 is 17.6 Å². The smallest absolute Gasteiger partial charge is 0.416 e. The van der Waals surface area contributed by atoms with Gasteiger partial charge in [-0.25, -0.2) is 4.98 Å². The topological polar surface area (TPSA) is 38.1 Å². The van der Waals surface area contributed by atoms with E-state index in [-0.39, 0.29) is 23.9 Å². The van der Waals surface area contributed by atoms with Gasteiger partial charge in [-0.1, -0.05) is 39.8 Å². The molecule has 0 bridgehead atoms. The summed E-state index contributed by atoms with van der Waals surface area (Å²) in [5, 5.41) is 3.46. The van der Waals surface area contributed by atoms with Crippen LogP contribution in [0.5, 0.6) is 0 Å². The standard InChI is InChI=1S/C19H25F3N2O/c1-11(2)17(14-6-8-15(9-7-14)19(20,21)22)23-13(5)16-10-25-18(24-16)12(3)4/h6-13,17,23H,1-5H3/t13-,17-/m0/s1. The fourth-order valence-electron chi connectivity index (χ4n) is 2.67. The molecule has 0 aliphatic heterocycles.